The summed E-state index contributed by atoms with van der Waals surface area (Å²) in [5.41, 5.74) is -9.20. The van der Waals surface area contributed by atoms with Gasteiger partial charge in [0, 0.05) is 30.7 Å². The van der Waals surface area contributed by atoms with E-state index in [1.807, 2.05) is 0 Å². The van der Waals surface area contributed by atoms with E-state index < -0.39 is 84.8 Å². The molecule has 0 radical (unpaired) electrons. The standard InChI is InChI=1S/C22H20F8O8/c1-5-13(31)35-17(11-23)9-18(12-24,36-14(32)6-2)22(29,30)20(26,38-16(34)8-4)10-19(25,21(17,27)28)37-15(33)7-3/h5-8H,1-4,9-12H2. The lowest BCUT2D eigenvalue weighted by Gasteiger charge is -2.53. The molecule has 1 saturated carbocycles. The molecule has 4 unspecified atom stereocenters. The molecule has 1 fully saturated rings. The lowest BCUT2D eigenvalue weighted by atomic mass is 9.70. The van der Waals surface area contributed by atoms with E-state index in [0.29, 0.717) is 0 Å². The van der Waals surface area contributed by atoms with Gasteiger partial charge in [0.15, 0.2) is 0 Å². The molecular formula is C22H20F8O8. The van der Waals surface area contributed by atoms with Gasteiger partial charge in [0.2, 0.25) is 11.2 Å². The fourth-order valence-electron chi connectivity index (χ4n) is 3.47. The molecule has 0 aromatic rings. The minimum atomic E-state index is -5.92. The third-order valence-electron chi connectivity index (χ3n) is 5.32. The van der Waals surface area contributed by atoms with E-state index in [2.05, 4.69) is 45.3 Å². The molecule has 212 valence electrons. The van der Waals surface area contributed by atoms with Crippen LogP contribution in [0.5, 0.6) is 0 Å². The first kappa shape index (κ1) is 32.3. The van der Waals surface area contributed by atoms with E-state index in [1.54, 1.807) is 0 Å². The molecule has 38 heavy (non-hydrogen) atoms. The van der Waals surface area contributed by atoms with Crippen LogP contribution in [0.3, 0.4) is 0 Å². The SMILES string of the molecule is C=CC(=O)OC1(F)CC(F)(OC(=O)C=C)C(F)(F)C(CF)(OC(=O)C=C)CC(CF)(OC(=O)C=C)C1(F)F. The molecule has 0 amide bonds. The van der Waals surface area contributed by atoms with E-state index in [1.165, 1.54) is 0 Å². The summed E-state index contributed by atoms with van der Waals surface area (Å²) in [5.74, 6) is -31.1. The van der Waals surface area contributed by atoms with Crippen LogP contribution in [-0.2, 0) is 38.1 Å². The lowest BCUT2D eigenvalue weighted by molar-refractivity contribution is -0.406. The zero-order valence-corrected chi connectivity index (χ0v) is 19.3. The van der Waals surface area contributed by atoms with Crippen LogP contribution in [0.1, 0.15) is 12.8 Å². The Kier molecular flexibility index (Phi) is 9.31. The van der Waals surface area contributed by atoms with Crippen LogP contribution in [0, 0.1) is 0 Å². The van der Waals surface area contributed by atoms with Gasteiger partial charge in [-0.05, 0) is 0 Å². The first-order valence-electron chi connectivity index (χ1n) is 10.0. The smallest absolute Gasteiger partial charge is 0.358 e. The van der Waals surface area contributed by atoms with Crippen LogP contribution in [-0.4, -0.2) is 72.0 Å². The summed E-state index contributed by atoms with van der Waals surface area (Å²) in [6.45, 7) is 5.44. The Labute approximate surface area is 209 Å². The normalized spacial score (nSPS) is 31.8. The highest BCUT2D eigenvalue weighted by molar-refractivity contribution is 5.83. The first-order valence-corrected chi connectivity index (χ1v) is 10.0. The Balaban J connectivity index is 4.31. The molecule has 0 spiro atoms. The van der Waals surface area contributed by atoms with Gasteiger partial charge in [0.25, 0.3) is 0 Å². The molecule has 4 atom stereocenters. The number of ether oxygens (including phenoxy) is 4. The van der Waals surface area contributed by atoms with Crippen molar-refractivity contribution >= 4 is 23.9 Å². The fraction of sp³-hybridized carbons (Fsp3) is 0.455. The maximum atomic E-state index is 15.9. The van der Waals surface area contributed by atoms with E-state index in [0.717, 1.165) is 0 Å². The van der Waals surface area contributed by atoms with Crippen LogP contribution in [0.4, 0.5) is 35.1 Å². The summed E-state index contributed by atoms with van der Waals surface area (Å²) < 4.78 is 140. The van der Waals surface area contributed by atoms with Gasteiger partial charge in [-0.1, -0.05) is 26.3 Å². The van der Waals surface area contributed by atoms with Crippen molar-refractivity contribution in [2.75, 3.05) is 13.3 Å². The number of hydrogen-bond acceptors (Lipinski definition) is 8. The van der Waals surface area contributed by atoms with Crippen molar-refractivity contribution < 1.29 is 73.2 Å². The average Bonchev–Trinajstić information content (AvgIpc) is 2.85. The largest absolute Gasteiger partial charge is 0.446 e. The zero-order chi connectivity index (χ0) is 29.8. The van der Waals surface area contributed by atoms with Gasteiger partial charge in [0.1, 0.15) is 19.8 Å². The second-order valence-electron chi connectivity index (χ2n) is 7.72. The van der Waals surface area contributed by atoms with Crippen molar-refractivity contribution in [3.8, 4) is 0 Å². The Hall–Kier alpha value is -3.72. The number of alkyl halides is 8. The molecule has 0 saturated heterocycles. The van der Waals surface area contributed by atoms with Crippen LogP contribution < -0.4 is 0 Å². The highest BCUT2D eigenvalue weighted by Crippen LogP contribution is 2.60. The van der Waals surface area contributed by atoms with Crippen molar-refractivity contribution in [1.29, 1.82) is 0 Å². The quantitative estimate of drug-likeness (QED) is 0.171. The van der Waals surface area contributed by atoms with Gasteiger partial charge in [-0.25, -0.2) is 28.0 Å². The van der Waals surface area contributed by atoms with Gasteiger partial charge >= 0.3 is 47.4 Å². The second-order valence-corrected chi connectivity index (χ2v) is 7.72. The predicted octanol–water partition coefficient (Wildman–Crippen LogP) is 3.72. The second kappa shape index (κ2) is 10.9. The lowest BCUT2D eigenvalue weighted by Crippen LogP contribution is -2.77. The van der Waals surface area contributed by atoms with Gasteiger partial charge in [-0.3, -0.25) is 0 Å². The number of carbonyl (C=O) groups excluding carboxylic acids is 4. The van der Waals surface area contributed by atoms with Crippen molar-refractivity contribution in [1.82, 2.24) is 0 Å². The van der Waals surface area contributed by atoms with Crippen molar-refractivity contribution in [2.45, 2.75) is 47.6 Å². The summed E-state index contributed by atoms with van der Waals surface area (Å²) >= 11 is 0. The van der Waals surface area contributed by atoms with E-state index in [4.69, 9.17) is 0 Å². The number of carbonyl (C=O) groups is 4. The predicted molar refractivity (Wildman–Crippen MR) is 109 cm³/mol. The van der Waals surface area contributed by atoms with Crippen molar-refractivity contribution in [2.24, 2.45) is 0 Å². The molecule has 0 bridgehead atoms. The highest BCUT2D eigenvalue weighted by Gasteiger charge is 2.85. The van der Waals surface area contributed by atoms with Gasteiger partial charge < -0.3 is 18.9 Å². The first-order chi connectivity index (χ1) is 17.4. The van der Waals surface area contributed by atoms with Crippen LogP contribution >= 0.6 is 0 Å². The summed E-state index contributed by atoms with van der Waals surface area (Å²) in [5, 5.41) is 0. The maximum Gasteiger partial charge on any atom is 0.358 e. The van der Waals surface area contributed by atoms with Gasteiger partial charge in [0.05, 0.1) is 0 Å². The van der Waals surface area contributed by atoms with Crippen LogP contribution in [0.2, 0.25) is 0 Å². The third-order valence-corrected chi connectivity index (χ3v) is 5.32. The summed E-state index contributed by atoms with van der Waals surface area (Å²) in [7, 11) is 0. The minimum Gasteiger partial charge on any atom is -0.446 e. The molecule has 0 heterocycles. The maximum absolute atomic E-state index is 15.9. The minimum absolute atomic E-state index is 0.00851. The Bertz CT molecular complexity index is 955. The molecule has 0 N–H and O–H groups in total. The number of rotatable bonds is 10. The molecule has 1 aliphatic carbocycles. The van der Waals surface area contributed by atoms with Crippen LogP contribution in [0.25, 0.3) is 0 Å². The topological polar surface area (TPSA) is 105 Å². The summed E-state index contributed by atoms with van der Waals surface area (Å²) in [4.78, 5) is 47.0. The Morgan fingerprint density at radius 3 is 1.05 bits per heavy atom. The number of esters is 4. The molecule has 1 aliphatic rings. The highest BCUT2D eigenvalue weighted by atomic mass is 19.3. The van der Waals surface area contributed by atoms with E-state index >= 15 is 26.3 Å². The van der Waals surface area contributed by atoms with Crippen molar-refractivity contribution in [3.05, 3.63) is 50.6 Å². The number of halogens is 8. The number of hydrogen-bond donors (Lipinski definition) is 0. The molecule has 8 nitrogen and oxygen atoms in total. The Morgan fingerprint density at radius 1 is 0.553 bits per heavy atom. The average molecular weight is 564 g/mol. The molecule has 0 aliphatic heterocycles. The molecular weight excluding hydrogens is 544 g/mol. The summed E-state index contributed by atoms with van der Waals surface area (Å²) in [6, 6.07) is 0. The zero-order valence-electron chi connectivity index (χ0n) is 19.3. The third kappa shape index (κ3) is 5.15. The van der Waals surface area contributed by atoms with Gasteiger partial charge in [-0.15, -0.1) is 0 Å². The monoisotopic (exact) mass is 564 g/mol. The van der Waals surface area contributed by atoms with Crippen LogP contribution in [0.15, 0.2) is 50.6 Å². The summed E-state index contributed by atoms with van der Waals surface area (Å²) in [6.07, 6.45) is -5.76. The van der Waals surface area contributed by atoms with Crippen molar-refractivity contribution in [3.63, 3.8) is 0 Å². The molecule has 1 rings (SSSR count). The van der Waals surface area contributed by atoms with E-state index in [-0.39, 0.29) is 24.3 Å². The molecule has 16 heteroatoms. The van der Waals surface area contributed by atoms with Gasteiger partial charge in [-0.2, -0.15) is 26.3 Å². The van der Waals surface area contributed by atoms with E-state index in [9.17, 15) is 28.0 Å². The fourth-order valence-corrected chi connectivity index (χ4v) is 3.47. The molecule has 0 aromatic carbocycles. The Morgan fingerprint density at radius 2 is 0.816 bits per heavy atom. The molecule has 0 aromatic heterocycles.